The number of pyridine rings is 1. The number of benzene rings is 1. The number of H-pyrrole nitrogens is 1. The van der Waals surface area contributed by atoms with Crippen LogP contribution in [-0.4, -0.2) is 28.2 Å². The van der Waals surface area contributed by atoms with Gasteiger partial charge in [-0.05, 0) is 32.0 Å². The van der Waals surface area contributed by atoms with Crippen LogP contribution in [0.2, 0.25) is 0 Å². The summed E-state index contributed by atoms with van der Waals surface area (Å²) in [6.45, 7) is 3.94. The van der Waals surface area contributed by atoms with Crippen molar-refractivity contribution < 1.29 is 9.53 Å². The highest BCUT2D eigenvalue weighted by Gasteiger charge is 2.19. The maximum atomic E-state index is 12.7. The van der Waals surface area contributed by atoms with E-state index in [-0.39, 0.29) is 11.9 Å². The predicted molar refractivity (Wildman–Crippen MR) is 95.4 cm³/mol. The van der Waals surface area contributed by atoms with Crippen molar-refractivity contribution in [3.8, 4) is 17.0 Å². The Morgan fingerprint density at radius 2 is 2.12 bits per heavy atom. The van der Waals surface area contributed by atoms with Gasteiger partial charge >= 0.3 is 0 Å². The third-order valence-electron chi connectivity index (χ3n) is 4.03. The van der Waals surface area contributed by atoms with Gasteiger partial charge in [-0.25, -0.2) is 0 Å². The Hall–Kier alpha value is -3.15. The fourth-order valence-electron chi connectivity index (χ4n) is 2.73. The molecule has 3 aromatic rings. The summed E-state index contributed by atoms with van der Waals surface area (Å²) in [6.07, 6.45) is 4.90. The quantitative estimate of drug-likeness (QED) is 0.749. The van der Waals surface area contributed by atoms with Crippen molar-refractivity contribution in [3.05, 3.63) is 65.6 Å². The molecule has 0 unspecified atom stereocenters. The number of rotatable bonds is 5. The zero-order chi connectivity index (χ0) is 17.8. The number of nitrogens with zero attached hydrogens (tertiary/aromatic N) is 2. The van der Waals surface area contributed by atoms with Crippen LogP contribution >= 0.6 is 0 Å². The number of hydrogen-bond acceptors (Lipinski definition) is 4. The summed E-state index contributed by atoms with van der Waals surface area (Å²) in [5, 5.41) is 9.89. The van der Waals surface area contributed by atoms with Crippen molar-refractivity contribution in [1.82, 2.24) is 20.5 Å². The monoisotopic (exact) mass is 336 g/mol. The van der Waals surface area contributed by atoms with E-state index >= 15 is 0 Å². The van der Waals surface area contributed by atoms with Crippen molar-refractivity contribution in [2.45, 2.75) is 19.9 Å². The molecule has 2 heterocycles. The van der Waals surface area contributed by atoms with Crippen molar-refractivity contribution >= 4 is 5.91 Å². The number of carbonyl (C=O) groups is 1. The third kappa shape index (κ3) is 3.52. The van der Waals surface area contributed by atoms with E-state index < -0.39 is 0 Å². The smallest absolute Gasteiger partial charge is 0.255 e. The average molecular weight is 336 g/mol. The molecule has 0 bridgehead atoms. The van der Waals surface area contributed by atoms with Crippen LogP contribution in [-0.2, 0) is 0 Å². The summed E-state index contributed by atoms with van der Waals surface area (Å²) in [4.78, 5) is 16.8. The number of aromatic amines is 1. The summed E-state index contributed by atoms with van der Waals surface area (Å²) < 4.78 is 5.41. The number of ether oxygens (including phenoxy) is 1. The molecule has 0 spiro atoms. The Kier molecular flexibility index (Phi) is 4.79. The first-order valence-corrected chi connectivity index (χ1v) is 7.99. The molecule has 6 heteroatoms. The van der Waals surface area contributed by atoms with E-state index in [1.54, 1.807) is 19.5 Å². The van der Waals surface area contributed by atoms with Gasteiger partial charge in [0.15, 0.2) is 0 Å². The molecule has 0 aliphatic heterocycles. The van der Waals surface area contributed by atoms with Gasteiger partial charge in [0.25, 0.3) is 5.91 Å². The molecule has 0 saturated carbocycles. The van der Waals surface area contributed by atoms with Crippen LogP contribution in [0.5, 0.6) is 5.75 Å². The van der Waals surface area contributed by atoms with Gasteiger partial charge in [-0.3, -0.25) is 14.9 Å². The zero-order valence-electron chi connectivity index (χ0n) is 14.4. The van der Waals surface area contributed by atoms with Gasteiger partial charge in [0.05, 0.1) is 30.6 Å². The normalized spacial score (nSPS) is 11.8. The lowest BCUT2D eigenvalue weighted by molar-refractivity contribution is 0.0940. The molecule has 1 atom stereocenters. The lowest BCUT2D eigenvalue weighted by Crippen LogP contribution is -2.27. The number of carbonyl (C=O) groups excluding carboxylic acids is 1. The number of aryl methyl sites for hydroxylation is 1. The second-order valence-corrected chi connectivity index (χ2v) is 5.84. The van der Waals surface area contributed by atoms with Crippen LogP contribution in [0.1, 0.15) is 34.5 Å². The molecule has 1 aromatic carbocycles. The maximum Gasteiger partial charge on any atom is 0.255 e. The topological polar surface area (TPSA) is 79.9 Å². The summed E-state index contributed by atoms with van der Waals surface area (Å²) in [5.41, 5.74) is 3.98. The molecule has 0 aliphatic rings. The summed E-state index contributed by atoms with van der Waals surface area (Å²) in [5.74, 6) is 0.543. The number of methoxy groups -OCH3 is 1. The Bertz CT molecular complexity index is 874. The number of hydrogen-bond donors (Lipinski definition) is 2. The van der Waals surface area contributed by atoms with Crippen molar-refractivity contribution in [3.63, 3.8) is 0 Å². The minimum Gasteiger partial charge on any atom is -0.496 e. The van der Waals surface area contributed by atoms with Crippen LogP contribution in [0.15, 0.2) is 48.9 Å². The van der Waals surface area contributed by atoms with Gasteiger partial charge in [0, 0.05) is 23.5 Å². The molecule has 25 heavy (non-hydrogen) atoms. The first kappa shape index (κ1) is 16.7. The lowest BCUT2D eigenvalue weighted by atomic mass is 10.0. The average Bonchev–Trinajstić information content (AvgIpc) is 3.12. The van der Waals surface area contributed by atoms with Crippen LogP contribution in [0.3, 0.4) is 0 Å². The lowest BCUT2D eigenvalue weighted by Gasteiger charge is -2.18. The van der Waals surface area contributed by atoms with E-state index in [1.807, 2.05) is 44.2 Å². The highest BCUT2D eigenvalue weighted by atomic mass is 16.5. The highest BCUT2D eigenvalue weighted by Crippen LogP contribution is 2.27. The van der Waals surface area contributed by atoms with E-state index in [0.717, 1.165) is 22.4 Å². The minimum atomic E-state index is -0.209. The molecule has 0 aliphatic carbocycles. The Labute approximate surface area is 146 Å². The number of amides is 1. The van der Waals surface area contributed by atoms with Crippen molar-refractivity contribution in [2.75, 3.05) is 7.11 Å². The molecule has 3 rings (SSSR count). The standard InChI is InChI=1S/C19H20N4O2/c1-12-6-7-17(25-3)15(9-12)13(2)22-19(24)16-11-21-23-18(16)14-5-4-8-20-10-14/h4-11,13H,1-3H3,(H,21,23)(H,22,24)/t13-/m0/s1. The zero-order valence-corrected chi connectivity index (χ0v) is 14.4. The molecule has 0 fully saturated rings. The summed E-state index contributed by atoms with van der Waals surface area (Å²) >= 11 is 0. The van der Waals surface area contributed by atoms with Gasteiger partial charge in [-0.15, -0.1) is 0 Å². The Morgan fingerprint density at radius 1 is 1.28 bits per heavy atom. The molecule has 0 radical (unpaired) electrons. The predicted octanol–water partition coefficient (Wildman–Crippen LogP) is 3.28. The SMILES string of the molecule is COc1ccc(C)cc1[C@H](C)NC(=O)c1cn[nH]c1-c1cccnc1. The summed E-state index contributed by atoms with van der Waals surface area (Å²) in [6, 6.07) is 9.39. The number of nitrogens with one attached hydrogen (secondary N) is 2. The van der Waals surface area contributed by atoms with E-state index in [0.29, 0.717) is 11.3 Å². The van der Waals surface area contributed by atoms with Crippen LogP contribution in [0, 0.1) is 6.92 Å². The maximum absolute atomic E-state index is 12.7. The van der Waals surface area contributed by atoms with Crippen LogP contribution < -0.4 is 10.1 Å². The molecule has 2 aromatic heterocycles. The molecular weight excluding hydrogens is 316 g/mol. The second kappa shape index (κ2) is 7.17. The largest absolute Gasteiger partial charge is 0.496 e. The van der Waals surface area contributed by atoms with Crippen molar-refractivity contribution in [2.24, 2.45) is 0 Å². The fraction of sp³-hybridized carbons (Fsp3) is 0.211. The molecule has 1 amide bonds. The Morgan fingerprint density at radius 3 is 2.84 bits per heavy atom. The second-order valence-electron chi connectivity index (χ2n) is 5.84. The van der Waals surface area contributed by atoms with Crippen LogP contribution in [0.25, 0.3) is 11.3 Å². The number of aromatic nitrogens is 3. The summed E-state index contributed by atoms with van der Waals surface area (Å²) in [7, 11) is 1.62. The Balaban J connectivity index is 1.84. The molecule has 128 valence electrons. The minimum absolute atomic E-state index is 0.205. The van der Waals surface area contributed by atoms with E-state index in [2.05, 4.69) is 20.5 Å². The van der Waals surface area contributed by atoms with Gasteiger partial charge in [-0.1, -0.05) is 17.7 Å². The molecule has 6 nitrogen and oxygen atoms in total. The molecule has 2 N–H and O–H groups in total. The highest BCUT2D eigenvalue weighted by molar-refractivity contribution is 5.99. The van der Waals surface area contributed by atoms with Crippen molar-refractivity contribution in [1.29, 1.82) is 0 Å². The van der Waals surface area contributed by atoms with E-state index in [1.165, 1.54) is 6.20 Å². The molecule has 0 saturated heterocycles. The first-order valence-electron chi connectivity index (χ1n) is 7.99. The third-order valence-corrected chi connectivity index (χ3v) is 4.03. The molecular formula is C19H20N4O2. The van der Waals surface area contributed by atoms with E-state index in [4.69, 9.17) is 4.74 Å². The first-order chi connectivity index (χ1) is 12.1. The fourth-order valence-corrected chi connectivity index (χ4v) is 2.73. The van der Waals surface area contributed by atoms with Gasteiger partial charge < -0.3 is 10.1 Å². The van der Waals surface area contributed by atoms with Crippen LogP contribution in [0.4, 0.5) is 0 Å². The van der Waals surface area contributed by atoms with Gasteiger partial charge in [0.2, 0.25) is 0 Å². The van der Waals surface area contributed by atoms with Gasteiger partial charge in [-0.2, -0.15) is 5.10 Å². The van der Waals surface area contributed by atoms with Gasteiger partial charge in [0.1, 0.15) is 5.75 Å². The van der Waals surface area contributed by atoms with E-state index in [9.17, 15) is 4.79 Å².